The van der Waals surface area contributed by atoms with Crippen molar-refractivity contribution in [1.29, 1.82) is 0 Å². The summed E-state index contributed by atoms with van der Waals surface area (Å²) in [5.41, 5.74) is 2.34. The third kappa shape index (κ3) is 2.97. The summed E-state index contributed by atoms with van der Waals surface area (Å²) in [6.07, 6.45) is 1.50. The molecular formula is C16H16N2O4S. The van der Waals surface area contributed by atoms with Gasteiger partial charge in [-0.1, -0.05) is 30.3 Å². The van der Waals surface area contributed by atoms with Gasteiger partial charge in [-0.2, -0.15) is 0 Å². The Labute approximate surface area is 134 Å². The van der Waals surface area contributed by atoms with Crippen LogP contribution in [-0.2, 0) is 16.4 Å². The van der Waals surface area contributed by atoms with E-state index in [1.165, 1.54) is 12.1 Å². The van der Waals surface area contributed by atoms with Gasteiger partial charge in [0.05, 0.1) is 9.82 Å². The zero-order chi connectivity index (χ0) is 16.6. The van der Waals surface area contributed by atoms with Crippen LogP contribution in [0.25, 0.3) is 0 Å². The van der Waals surface area contributed by atoms with Crippen LogP contribution in [0, 0.1) is 17.0 Å². The van der Waals surface area contributed by atoms with Gasteiger partial charge < -0.3 is 0 Å². The van der Waals surface area contributed by atoms with Crippen molar-refractivity contribution < 1.29 is 13.3 Å². The van der Waals surface area contributed by atoms with E-state index >= 15 is 0 Å². The van der Waals surface area contributed by atoms with Crippen LogP contribution in [0.15, 0.2) is 47.4 Å². The summed E-state index contributed by atoms with van der Waals surface area (Å²) in [5.74, 6) is 0. The van der Waals surface area contributed by atoms with Gasteiger partial charge in [0.15, 0.2) is 0 Å². The average molecular weight is 332 g/mol. The molecule has 0 amide bonds. The molecule has 0 fully saturated rings. The van der Waals surface area contributed by atoms with Gasteiger partial charge in [-0.15, -0.1) is 0 Å². The molecule has 1 aliphatic carbocycles. The van der Waals surface area contributed by atoms with E-state index in [4.69, 9.17) is 0 Å². The normalized spacial score (nSPS) is 17.0. The molecule has 0 spiro atoms. The molecule has 0 aromatic heterocycles. The number of hydrogen-bond acceptors (Lipinski definition) is 4. The molecule has 2 aromatic rings. The lowest BCUT2D eigenvalue weighted by molar-refractivity contribution is -0.385. The molecular weight excluding hydrogens is 316 g/mol. The Balaban J connectivity index is 1.92. The van der Waals surface area contributed by atoms with Gasteiger partial charge in [0, 0.05) is 17.7 Å². The number of benzene rings is 2. The molecule has 1 aliphatic rings. The first-order chi connectivity index (χ1) is 10.9. The Bertz CT molecular complexity index is 877. The summed E-state index contributed by atoms with van der Waals surface area (Å²) in [6.45, 7) is 1.58. The van der Waals surface area contributed by atoms with Crippen molar-refractivity contribution in [2.45, 2.75) is 30.7 Å². The van der Waals surface area contributed by atoms with Crippen LogP contribution in [0.2, 0.25) is 0 Å². The number of hydrogen-bond donors (Lipinski definition) is 1. The van der Waals surface area contributed by atoms with E-state index in [2.05, 4.69) is 4.72 Å². The molecule has 2 aromatic carbocycles. The van der Waals surface area contributed by atoms with Gasteiger partial charge in [0.1, 0.15) is 0 Å². The first-order valence-corrected chi connectivity index (χ1v) is 8.72. The molecule has 1 atom stereocenters. The zero-order valence-electron chi connectivity index (χ0n) is 12.5. The SMILES string of the molecule is Cc1ccc(S(=O)(=O)NC2CCc3ccccc32)cc1[N+](=O)[O-]. The van der Waals surface area contributed by atoms with Crippen LogP contribution in [0.1, 0.15) is 29.2 Å². The molecule has 1 unspecified atom stereocenters. The molecule has 7 heteroatoms. The van der Waals surface area contributed by atoms with Crippen molar-refractivity contribution in [2.75, 3.05) is 0 Å². The van der Waals surface area contributed by atoms with E-state index in [0.29, 0.717) is 12.0 Å². The molecule has 0 aliphatic heterocycles. The lowest BCUT2D eigenvalue weighted by Gasteiger charge is -2.14. The van der Waals surface area contributed by atoms with Crippen LogP contribution in [0.5, 0.6) is 0 Å². The highest BCUT2D eigenvalue weighted by molar-refractivity contribution is 7.89. The Kier molecular flexibility index (Phi) is 3.91. The smallest absolute Gasteiger partial charge is 0.258 e. The summed E-state index contributed by atoms with van der Waals surface area (Å²) in [4.78, 5) is 10.3. The Morgan fingerprint density at radius 2 is 1.96 bits per heavy atom. The molecule has 120 valence electrons. The van der Waals surface area contributed by atoms with E-state index in [0.717, 1.165) is 23.6 Å². The third-order valence-electron chi connectivity index (χ3n) is 4.12. The maximum absolute atomic E-state index is 12.6. The Hall–Kier alpha value is -2.25. The number of nitrogens with zero attached hydrogens (tertiary/aromatic N) is 1. The number of rotatable bonds is 4. The van der Waals surface area contributed by atoms with E-state index in [9.17, 15) is 18.5 Å². The predicted molar refractivity (Wildman–Crippen MR) is 85.7 cm³/mol. The van der Waals surface area contributed by atoms with Gasteiger partial charge in [-0.05, 0) is 37.0 Å². The summed E-state index contributed by atoms with van der Waals surface area (Å²) in [6, 6.07) is 11.4. The monoisotopic (exact) mass is 332 g/mol. The van der Waals surface area contributed by atoms with Crippen LogP contribution in [-0.4, -0.2) is 13.3 Å². The van der Waals surface area contributed by atoms with Crippen molar-refractivity contribution in [3.8, 4) is 0 Å². The molecule has 0 saturated heterocycles. The minimum Gasteiger partial charge on any atom is -0.258 e. The maximum atomic E-state index is 12.6. The quantitative estimate of drug-likeness (QED) is 0.688. The van der Waals surface area contributed by atoms with Gasteiger partial charge in [0.2, 0.25) is 10.0 Å². The highest BCUT2D eigenvalue weighted by Gasteiger charge is 2.28. The minimum atomic E-state index is -3.81. The number of nitrogens with one attached hydrogen (secondary N) is 1. The van der Waals surface area contributed by atoms with Crippen molar-refractivity contribution in [1.82, 2.24) is 4.72 Å². The van der Waals surface area contributed by atoms with Gasteiger partial charge in [0.25, 0.3) is 5.69 Å². The highest BCUT2D eigenvalue weighted by Crippen LogP contribution is 2.32. The summed E-state index contributed by atoms with van der Waals surface area (Å²) in [5, 5.41) is 11.0. The summed E-state index contributed by atoms with van der Waals surface area (Å²) >= 11 is 0. The zero-order valence-corrected chi connectivity index (χ0v) is 13.3. The Morgan fingerprint density at radius 3 is 2.70 bits per heavy atom. The van der Waals surface area contributed by atoms with Gasteiger partial charge >= 0.3 is 0 Å². The van der Waals surface area contributed by atoms with Crippen molar-refractivity contribution in [2.24, 2.45) is 0 Å². The second-order valence-corrected chi connectivity index (χ2v) is 7.33. The number of nitro groups is 1. The molecule has 6 nitrogen and oxygen atoms in total. The highest BCUT2D eigenvalue weighted by atomic mass is 32.2. The van der Waals surface area contributed by atoms with E-state index in [1.807, 2.05) is 24.3 Å². The number of sulfonamides is 1. The second kappa shape index (κ2) is 5.75. The fourth-order valence-corrected chi connectivity index (χ4v) is 4.16. The molecule has 0 radical (unpaired) electrons. The second-order valence-electron chi connectivity index (χ2n) is 5.62. The van der Waals surface area contributed by atoms with E-state index in [-0.39, 0.29) is 16.6 Å². The topological polar surface area (TPSA) is 89.3 Å². The van der Waals surface area contributed by atoms with Crippen molar-refractivity contribution in [3.05, 3.63) is 69.3 Å². The van der Waals surface area contributed by atoms with Crippen molar-refractivity contribution >= 4 is 15.7 Å². The van der Waals surface area contributed by atoms with Crippen molar-refractivity contribution in [3.63, 3.8) is 0 Å². The number of aryl methyl sites for hydroxylation is 2. The number of fused-ring (bicyclic) bond motifs is 1. The summed E-state index contributed by atoms with van der Waals surface area (Å²) < 4.78 is 27.8. The molecule has 23 heavy (non-hydrogen) atoms. The van der Waals surface area contributed by atoms with Crippen LogP contribution in [0.4, 0.5) is 5.69 Å². The minimum absolute atomic E-state index is 0.0841. The lowest BCUT2D eigenvalue weighted by Crippen LogP contribution is -2.27. The molecule has 3 rings (SSSR count). The van der Waals surface area contributed by atoms with Crippen LogP contribution >= 0.6 is 0 Å². The Morgan fingerprint density at radius 1 is 1.22 bits per heavy atom. The first kappa shape index (κ1) is 15.6. The third-order valence-corrected chi connectivity index (χ3v) is 5.59. The predicted octanol–water partition coefficient (Wildman–Crippen LogP) is 2.87. The largest absolute Gasteiger partial charge is 0.273 e. The lowest BCUT2D eigenvalue weighted by atomic mass is 10.1. The maximum Gasteiger partial charge on any atom is 0.273 e. The number of nitro benzene ring substituents is 1. The first-order valence-electron chi connectivity index (χ1n) is 7.23. The van der Waals surface area contributed by atoms with Gasteiger partial charge in [-0.25, -0.2) is 13.1 Å². The average Bonchev–Trinajstić information content (AvgIpc) is 2.90. The summed E-state index contributed by atoms with van der Waals surface area (Å²) in [7, 11) is -3.81. The fourth-order valence-electron chi connectivity index (χ4n) is 2.89. The fraction of sp³-hybridized carbons (Fsp3) is 0.250. The molecule has 1 N–H and O–H groups in total. The van der Waals surface area contributed by atoms with E-state index in [1.54, 1.807) is 6.92 Å². The molecule has 0 saturated carbocycles. The molecule has 0 bridgehead atoms. The van der Waals surface area contributed by atoms with Crippen LogP contribution in [0.3, 0.4) is 0 Å². The standard InChI is InChI=1S/C16H16N2O4S/c1-11-6-8-13(10-16(11)18(19)20)23(21,22)17-15-9-7-12-4-2-3-5-14(12)15/h2-6,8,10,15,17H,7,9H2,1H3. The molecule has 0 heterocycles. The van der Waals surface area contributed by atoms with Gasteiger partial charge in [-0.3, -0.25) is 10.1 Å². The van der Waals surface area contributed by atoms with E-state index < -0.39 is 14.9 Å². The van der Waals surface area contributed by atoms with Crippen LogP contribution < -0.4 is 4.72 Å².